The first-order valence-electron chi connectivity index (χ1n) is 11.0. The molecule has 0 atom stereocenters. The Labute approximate surface area is 205 Å². The van der Waals surface area contributed by atoms with Crippen LogP contribution in [0.4, 0.5) is 17.1 Å². The molecule has 180 valence electrons. The van der Waals surface area contributed by atoms with E-state index in [1.54, 1.807) is 60.7 Å². The summed E-state index contributed by atoms with van der Waals surface area (Å²) in [6.07, 6.45) is 0.143. The number of nitrogens with one attached hydrogen (secondary N) is 2. The molecule has 0 saturated carbocycles. The second-order valence-corrected chi connectivity index (χ2v) is 9.52. The SMILES string of the molecule is Cc1ccc(S(=O)(=O)Nc2ccc(NC(=O)CCC(=O)N(CCC#N)c3ccccc3)cc2)cc1. The van der Waals surface area contributed by atoms with Gasteiger partial charge in [-0.15, -0.1) is 0 Å². The van der Waals surface area contributed by atoms with Gasteiger partial charge in [0.2, 0.25) is 11.8 Å². The first kappa shape index (κ1) is 25.5. The molecule has 0 aliphatic carbocycles. The molecular formula is C26H26N4O4S. The quantitative estimate of drug-likeness (QED) is 0.435. The minimum absolute atomic E-state index is 0.0133. The second-order valence-electron chi connectivity index (χ2n) is 7.83. The Morgan fingerprint density at radius 2 is 1.51 bits per heavy atom. The number of carbonyl (C=O) groups excluding carboxylic acids is 2. The third-order valence-electron chi connectivity index (χ3n) is 5.13. The van der Waals surface area contributed by atoms with Gasteiger partial charge in [0.05, 0.1) is 17.4 Å². The van der Waals surface area contributed by atoms with Crippen molar-refractivity contribution < 1.29 is 18.0 Å². The molecule has 3 aromatic carbocycles. The minimum Gasteiger partial charge on any atom is -0.326 e. The fourth-order valence-corrected chi connectivity index (χ4v) is 4.36. The lowest BCUT2D eigenvalue weighted by Gasteiger charge is -2.21. The van der Waals surface area contributed by atoms with Crippen LogP contribution in [-0.2, 0) is 19.6 Å². The number of nitriles is 1. The number of aryl methyl sites for hydroxylation is 1. The minimum atomic E-state index is -3.72. The van der Waals surface area contributed by atoms with Crippen molar-refractivity contribution in [1.82, 2.24) is 0 Å². The summed E-state index contributed by atoms with van der Waals surface area (Å²) >= 11 is 0. The van der Waals surface area contributed by atoms with Gasteiger partial charge >= 0.3 is 0 Å². The molecule has 0 aliphatic rings. The lowest BCUT2D eigenvalue weighted by Crippen LogP contribution is -2.32. The average molecular weight is 491 g/mol. The highest BCUT2D eigenvalue weighted by Gasteiger charge is 2.17. The largest absolute Gasteiger partial charge is 0.326 e. The van der Waals surface area contributed by atoms with E-state index in [-0.39, 0.29) is 42.5 Å². The lowest BCUT2D eigenvalue weighted by atomic mass is 10.2. The number of nitrogens with zero attached hydrogens (tertiary/aromatic N) is 2. The number of benzene rings is 3. The molecule has 0 radical (unpaired) electrons. The highest BCUT2D eigenvalue weighted by Crippen LogP contribution is 2.20. The van der Waals surface area contributed by atoms with Crippen molar-refractivity contribution in [2.45, 2.75) is 31.1 Å². The number of para-hydroxylation sites is 1. The van der Waals surface area contributed by atoms with E-state index in [2.05, 4.69) is 10.0 Å². The number of hydrogen-bond donors (Lipinski definition) is 2. The first-order valence-corrected chi connectivity index (χ1v) is 12.5. The summed E-state index contributed by atoms with van der Waals surface area (Å²) in [5.74, 6) is -0.595. The highest BCUT2D eigenvalue weighted by molar-refractivity contribution is 7.92. The third-order valence-corrected chi connectivity index (χ3v) is 6.53. The van der Waals surface area contributed by atoms with Crippen LogP contribution in [0.1, 0.15) is 24.8 Å². The zero-order valence-electron chi connectivity index (χ0n) is 19.3. The van der Waals surface area contributed by atoms with Gasteiger partial charge in [0.1, 0.15) is 0 Å². The third kappa shape index (κ3) is 7.42. The first-order chi connectivity index (χ1) is 16.8. The topological polar surface area (TPSA) is 119 Å². The molecular weight excluding hydrogens is 464 g/mol. The van der Waals surface area contributed by atoms with Crippen molar-refractivity contribution in [2.24, 2.45) is 0 Å². The van der Waals surface area contributed by atoms with Crippen molar-refractivity contribution in [3.8, 4) is 6.07 Å². The number of rotatable bonds is 10. The molecule has 0 bridgehead atoms. The van der Waals surface area contributed by atoms with Crippen LogP contribution in [0.15, 0.2) is 83.8 Å². The Balaban J connectivity index is 1.55. The van der Waals surface area contributed by atoms with Gasteiger partial charge in [0, 0.05) is 36.4 Å². The number of anilines is 3. The Kier molecular flexibility index (Phi) is 8.59. The Hall–Kier alpha value is -4.16. The lowest BCUT2D eigenvalue weighted by molar-refractivity contribution is -0.122. The van der Waals surface area contributed by atoms with Crippen molar-refractivity contribution in [2.75, 3.05) is 21.5 Å². The summed E-state index contributed by atoms with van der Waals surface area (Å²) in [7, 11) is -3.72. The van der Waals surface area contributed by atoms with Gasteiger partial charge in [0.25, 0.3) is 10.0 Å². The maximum Gasteiger partial charge on any atom is 0.261 e. The molecule has 9 heteroatoms. The van der Waals surface area contributed by atoms with E-state index < -0.39 is 10.0 Å². The molecule has 2 amide bonds. The summed E-state index contributed by atoms with van der Waals surface area (Å²) in [6.45, 7) is 2.13. The van der Waals surface area contributed by atoms with Crippen LogP contribution in [-0.4, -0.2) is 26.8 Å². The standard InChI is InChI=1S/C26H26N4O4S/c1-20-8-14-24(15-9-20)35(33,34)29-22-12-10-21(11-13-22)28-25(31)16-17-26(32)30(19-5-18-27)23-6-3-2-4-7-23/h2-4,6-15,29H,5,16-17,19H2,1H3,(H,28,31). The van der Waals surface area contributed by atoms with Gasteiger partial charge in [-0.05, 0) is 55.5 Å². The molecule has 3 rings (SSSR count). The van der Waals surface area contributed by atoms with E-state index in [0.29, 0.717) is 17.1 Å². The zero-order chi connectivity index (χ0) is 25.3. The van der Waals surface area contributed by atoms with Gasteiger partial charge in [-0.25, -0.2) is 8.42 Å². The molecule has 0 heterocycles. The molecule has 0 aromatic heterocycles. The maximum absolute atomic E-state index is 12.7. The van der Waals surface area contributed by atoms with Crippen molar-refractivity contribution >= 4 is 38.9 Å². The second kappa shape index (κ2) is 11.8. The van der Waals surface area contributed by atoms with Crippen LogP contribution in [0.5, 0.6) is 0 Å². The van der Waals surface area contributed by atoms with E-state index in [1.807, 2.05) is 19.1 Å². The van der Waals surface area contributed by atoms with E-state index in [4.69, 9.17) is 5.26 Å². The van der Waals surface area contributed by atoms with Gasteiger partial charge < -0.3 is 10.2 Å². The van der Waals surface area contributed by atoms with Crippen LogP contribution >= 0.6 is 0 Å². The number of sulfonamides is 1. The average Bonchev–Trinajstić information content (AvgIpc) is 2.85. The summed E-state index contributed by atoms with van der Waals surface area (Å²) in [4.78, 5) is 26.7. The zero-order valence-corrected chi connectivity index (χ0v) is 20.1. The Morgan fingerprint density at radius 3 is 2.14 bits per heavy atom. The molecule has 35 heavy (non-hydrogen) atoms. The van der Waals surface area contributed by atoms with Gasteiger partial charge in [-0.2, -0.15) is 5.26 Å². The molecule has 8 nitrogen and oxygen atoms in total. The predicted molar refractivity (Wildman–Crippen MR) is 135 cm³/mol. The Morgan fingerprint density at radius 1 is 0.886 bits per heavy atom. The van der Waals surface area contributed by atoms with Crippen LogP contribution < -0.4 is 14.9 Å². The van der Waals surface area contributed by atoms with Crippen LogP contribution in [0.2, 0.25) is 0 Å². The monoisotopic (exact) mass is 490 g/mol. The molecule has 0 spiro atoms. The maximum atomic E-state index is 12.7. The van der Waals surface area contributed by atoms with Crippen LogP contribution in [0.3, 0.4) is 0 Å². The Bertz CT molecular complexity index is 1300. The summed E-state index contributed by atoms with van der Waals surface area (Å²) in [5.41, 5.74) is 2.47. The number of carbonyl (C=O) groups is 2. The summed E-state index contributed by atoms with van der Waals surface area (Å²) < 4.78 is 27.5. The van der Waals surface area contributed by atoms with E-state index in [9.17, 15) is 18.0 Å². The van der Waals surface area contributed by atoms with E-state index >= 15 is 0 Å². The van der Waals surface area contributed by atoms with Crippen molar-refractivity contribution in [3.05, 3.63) is 84.4 Å². The van der Waals surface area contributed by atoms with Crippen LogP contribution in [0, 0.1) is 18.3 Å². The predicted octanol–water partition coefficient (Wildman–Crippen LogP) is 4.46. The van der Waals surface area contributed by atoms with Crippen molar-refractivity contribution in [1.29, 1.82) is 5.26 Å². The molecule has 0 unspecified atom stereocenters. The van der Waals surface area contributed by atoms with E-state index in [1.165, 1.54) is 17.0 Å². The van der Waals surface area contributed by atoms with E-state index in [0.717, 1.165) is 5.56 Å². The van der Waals surface area contributed by atoms with Crippen molar-refractivity contribution in [3.63, 3.8) is 0 Å². The fraction of sp³-hybridized carbons (Fsp3) is 0.192. The number of hydrogen-bond acceptors (Lipinski definition) is 5. The molecule has 0 fully saturated rings. The van der Waals surface area contributed by atoms with Gasteiger partial charge in [-0.1, -0.05) is 35.9 Å². The number of amides is 2. The molecule has 3 aromatic rings. The van der Waals surface area contributed by atoms with Gasteiger partial charge in [0.15, 0.2) is 0 Å². The van der Waals surface area contributed by atoms with Crippen LogP contribution in [0.25, 0.3) is 0 Å². The molecule has 0 saturated heterocycles. The summed E-state index contributed by atoms with van der Waals surface area (Å²) in [5, 5.41) is 11.6. The fourth-order valence-electron chi connectivity index (χ4n) is 3.30. The highest BCUT2D eigenvalue weighted by atomic mass is 32.2. The molecule has 0 aliphatic heterocycles. The normalized spacial score (nSPS) is 10.7. The summed E-state index contributed by atoms with van der Waals surface area (Å²) in [6, 6.07) is 23.8. The van der Waals surface area contributed by atoms with Gasteiger partial charge in [-0.3, -0.25) is 14.3 Å². The smallest absolute Gasteiger partial charge is 0.261 e. The molecule has 2 N–H and O–H groups in total.